The summed E-state index contributed by atoms with van der Waals surface area (Å²) in [6, 6.07) is 10.9. The number of carbonyl (C=O) groups is 1. The third-order valence-corrected chi connectivity index (χ3v) is 3.58. The molecule has 1 amide bonds. The Bertz CT molecular complexity index is 862. The Morgan fingerprint density at radius 2 is 2.04 bits per heavy atom. The number of nitrogens with one attached hydrogen (secondary N) is 1. The molecule has 0 aliphatic rings. The van der Waals surface area contributed by atoms with E-state index >= 15 is 0 Å². The van der Waals surface area contributed by atoms with Gasteiger partial charge >= 0.3 is 0 Å². The lowest BCUT2D eigenvalue weighted by atomic mass is 10.1. The molecule has 2 aromatic heterocycles. The van der Waals surface area contributed by atoms with Crippen LogP contribution >= 0.6 is 11.6 Å². The molecule has 3 rings (SSSR count). The van der Waals surface area contributed by atoms with Crippen molar-refractivity contribution in [1.82, 2.24) is 10.1 Å². The van der Waals surface area contributed by atoms with Crippen molar-refractivity contribution in [3.05, 3.63) is 58.9 Å². The molecule has 2 heterocycles. The van der Waals surface area contributed by atoms with Crippen LogP contribution in [0.3, 0.4) is 0 Å². The highest BCUT2D eigenvalue weighted by atomic mass is 35.5. The Morgan fingerprint density at radius 3 is 2.74 bits per heavy atom. The maximum absolute atomic E-state index is 12.4. The molecule has 1 aromatic carbocycles. The van der Waals surface area contributed by atoms with Crippen LogP contribution < -0.4 is 11.1 Å². The highest BCUT2D eigenvalue weighted by molar-refractivity contribution is 6.33. The normalized spacial score (nSPS) is 10.5. The summed E-state index contributed by atoms with van der Waals surface area (Å²) in [5.41, 5.74) is 7.75. The fourth-order valence-electron chi connectivity index (χ4n) is 2.07. The molecule has 0 aliphatic carbocycles. The van der Waals surface area contributed by atoms with Gasteiger partial charge in [0.25, 0.3) is 5.91 Å². The third-order valence-electron chi connectivity index (χ3n) is 3.28. The molecule has 0 fully saturated rings. The molecule has 0 radical (unpaired) electrons. The van der Waals surface area contributed by atoms with Crippen LogP contribution in [0.2, 0.25) is 5.02 Å². The zero-order chi connectivity index (χ0) is 16.4. The summed E-state index contributed by atoms with van der Waals surface area (Å²) >= 11 is 5.90. The minimum absolute atomic E-state index is 0.175. The number of benzene rings is 1. The Kier molecular flexibility index (Phi) is 3.99. The summed E-state index contributed by atoms with van der Waals surface area (Å²) in [6.07, 6.45) is 1.36. The minimum atomic E-state index is -0.372. The first-order valence-electron chi connectivity index (χ1n) is 6.80. The van der Waals surface area contributed by atoms with E-state index < -0.39 is 0 Å². The molecule has 0 bridgehead atoms. The lowest BCUT2D eigenvalue weighted by Gasteiger charge is -2.06. The number of nitrogens with two attached hydrogens (primary N) is 1. The van der Waals surface area contributed by atoms with Crippen molar-refractivity contribution >= 4 is 29.0 Å². The zero-order valence-electron chi connectivity index (χ0n) is 12.2. The standard InChI is InChI=1S/C16H13ClN4O2/c1-9-13(14(21-23-9)10-5-3-2-4-6-10)20-16(22)11-7-12(17)15(18)19-8-11/h2-8H,1H3,(H2,18,19)(H,20,22). The number of hydrogen-bond donors (Lipinski definition) is 2. The van der Waals surface area contributed by atoms with E-state index in [9.17, 15) is 4.79 Å². The van der Waals surface area contributed by atoms with Gasteiger partial charge in [-0.2, -0.15) is 0 Å². The molecular formula is C16H13ClN4O2. The molecular weight excluding hydrogens is 316 g/mol. The van der Waals surface area contributed by atoms with Gasteiger partial charge in [-0.15, -0.1) is 0 Å². The fraction of sp³-hybridized carbons (Fsp3) is 0.0625. The molecule has 116 valence electrons. The monoisotopic (exact) mass is 328 g/mol. The van der Waals surface area contributed by atoms with Crippen molar-refractivity contribution in [3.8, 4) is 11.3 Å². The number of hydrogen-bond acceptors (Lipinski definition) is 5. The van der Waals surface area contributed by atoms with Crippen molar-refractivity contribution in [2.45, 2.75) is 6.92 Å². The average Bonchev–Trinajstić information content (AvgIpc) is 2.92. The lowest BCUT2D eigenvalue weighted by molar-refractivity contribution is 0.102. The Morgan fingerprint density at radius 1 is 1.30 bits per heavy atom. The summed E-state index contributed by atoms with van der Waals surface area (Å²) in [6.45, 7) is 1.73. The topological polar surface area (TPSA) is 94.0 Å². The van der Waals surface area contributed by atoms with Crippen LogP contribution in [0.25, 0.3) is 11.3 Å². The van der Waals surface area contributed by atoms with E-state index in [4.69, 9.17) is 21.9 Å². The number of pyridine rings is 1. The molecule has 0 saturated heterocycles. The molecule has 23 heavy (non-hydrogen) atoms. The predicted molar refractivity (Wildman–Crippen MR) is 88.3 cm³/mol. The number of amides is 1. The van der Waals surface area contributed by atoms with Crippen LogP contribution in [0.5, 0.6) is 0 Å². The second-order valence-corrected chi connectivity index (χ2v) is 5.28. The van der Waals surface area contributed by atoms with Gasteiger partial charge in [-0.25, -0.2) is 4.98 Å². The van der Waals surface area contributed by atoms with Gasteiger partial charge in [0, 0.05) is 11.8 Å². The number of aromatic nitrogens is 2. The number of carbonyl (C=O) groups excluding carboxylic acids is 1. The highest BCUT2D eigenvalue weighted by Crippen LogP contribution is 2.30. The first-order valence-corrected chi connectivity index (χ1v) is 7.18. The maximum atomic E-state index is 12.4. The van der Waals surface area contributed by atoms with Gasteiger partial charge in [0.05, 0.1) is 10.6 Å². The van der Waals surface area contributed by atoms with E-state index in [0.29, 0.717) is 22.7 Å². The van der Waals surface area contributed by atoms with Gasteiger partial charge in [-0.05, 0) is 13.0 Å². The maximum Gasteiger partial charge on any atom is 0.257 e. The Balaban J connectivity index is 1.92. The number of nitrogen functional groups attached to an aromatic ring is 1. The third kappa shape index (κ3) is 3.02. The molecule has 6 nitrogen and oxygen atoms in total. The summed E-state index contributed by atoms with van der Waals surface area (Å²) in [4.78, 5) is 16.3. The quantitative estimate of drug-likeness (QED) is 0.767. The molecule has 0 spiro atoms. The summed E-state index contributed by atoms with van der Waals surface area (Å²) in [7, 11) is 0. The number of halogens is 1. The summed E-state index contributed by atoms with van der Waals surface area (Å²) < 4.78 is 5.20. The number of aryl methyl sites for hydroxylation is 1. The molecule has 3 aromatic rings. The van der Waals surface area contributed by atoms with Gasteiger partial charge < -0.3 is 15.6 Å². The number of rotatable bonds is 3. The van der Waals surface area contributed by atoms with Gasteiger partial charge in [0.15, 0.2) is 5.76 Å². The predicted octanol–water partition coefficient (Wildman–Crippen LogP) is 3.53. The van der Waals surface area contributed by atoms with E-state index in [2.05, 4.69) is 15.5 Å². The van der Waals surface area contributed by atoms with Crippen molar-refractivity contribution in [2.75, 3.05) is 11.1 Å². The van der Waals surface area contributed by atoms with Crippen molar-refractivity contribution in [2.24, 2.45) is 0 Å². The van der Waals surface area contributed by atoms with Gasteiger partial charge in [-0.3, -0.25) is 4.79 Å². The molecule has 0 unspecified atom stereocenters. The van der Waals surface area contributed by atoms with Crippen LogP contribution in [0.1, 0.15) is 16.1 Å². The lowest BCUT2D eigenvalue weighted by Crippen LogP contribution is -2.13. The van der Waals surface area contributed by atoms with Gasteiger partial charge in [0.1, 0.15) is 17.2 Å². The molecule has 7 heteroatoms. The van der Waals surface area contributed by atoms with Crippen LogP contribution in [0.15, 0.2) is 47.1 Å². The Hall–Kier alpha value is -2.86. The van der Waals surface area contributed by atoms with Gasteiger partial charge in [0.2, 0.25) is 0 Å². The van der Waals surface area contributed by atoms with Crippen LogP contribution in [0.4, 0.5) is 11.5 Å². The molecule has 0 atom stereocenters. The second kappa shape index (κ2) is 6.10. The van der Waals surface area contributed by atoms with E-state index in [1.165, 1.54) is 12.3 Å². The number of anilines is 2. The molecule has 0 aliphatic heterocycles. The van der Waals surface area contributed by atoms with Crippen molar-refractivity contribution in [1.29, 1.82) is 0 Å². The Labute approximate surface area is 137 Å². The van der Waals surface area contributed by atoms with E-state index in [1.54, 1.807) is 6.92 Å². The highest BCUT2D eigenvalue weighted by Gasteiger charge is 2.18. The van der Waals surface area contributed by atoms with Gasteiger partial charge in [-0.1, -0.05) is 47.1 Å². The summed E-state index contributed by atoms with van der Waals surface area (Å²) in [5.74, 6) is 0.309. The van der Waals surface area contributed by atoms with Crippen molar-refractivity contribution in [3.63, 3.8) is 0 Å². The van der Waals surface area contributed by atoms with E-state index in [-0.39, 0.29) is 16.7 Å². The first-order chi connectivity index (χ1) is 11.1. The van der Waals surface area contributed by atoms with Crippen LogP contribution in [-0.4, -0.2) is 16.0 Å². The SMILES string of the molecule is Cc1onc(-c2ccccc2)c1NC(=O)c1cnc(N)c(Cl)c1. The smallest absolute Gasteiger partial charge is 0.257 e. The summed E-state index contributed by atoms with van der Waals surface area (Å²) in [5, 5.41) is 7.02. The molecule has 3 N–H and O–H groups in total. The molecule has 0 saturated carbocycles. The van der Waals surface area contributed by atoms with Crippen LogP contribution in [0, 0.1) is 6.92 Å². The van der Waals surface area contributed by atoms with E-state index in [1.807, 2.05) is 30.3 Å². The zero-order valence-corrected chi connectivity index (χ0v) is 13.0. The average molecular weight is 329 g/mol. The minimum Gasteiger partial charge on any atom is -0.382 e. The van der Waals surface area contributed by atoms with Crippen LogP contribution in [-0.2, 0) is 0 Å². The second-order valence-electron chi connectivity index (χ2n) is 4.87. The fourth-order valence-corrected chi connectivity index (χ4v) is 2.24. The largest absolute Gasteiger partial charge is 0.382 e. The number of nitrogens with zero attached hydrogens (tertiary/aromatic N) is 2. The van der Waals surface area contributed by atoms with E-state index in [0.717, 1.165) is 5.56 Å². The first kappa shape index (κ1) is 15.1. The van der Waals surface area contributed by atoms with Crippen molar-refractivity contribution < 1.29 is 9.32 Å².